The van der Waals surface area contributed by atoms with Crippen molar-refractivity contribution in [3.8, 4) is 5.75 Å². The second kappa shape index (κ2) is 10.6. The van der Waals surface area contributed by atoms with E-state index in [1.165, 1.54) is 25.4 Å². The van der Waals surface area contributed by atoms with Gasteiger partial charge in [-0.1, -0.05) is 19.9 Å². The van der Waals surface area contributed by atoms with Crippen molar-refractivity contribution in [2.24, 2.45) is 5.92 Å². The Morgan fingerprint density at radius 1 is 1.07 bits per heavy atom. The van der Waals surface area contributed by atoms with Crippen LogP contribution in [0.3, 0.4) is 0 Å². The second-order valence-electron chi connectivity index (χ2n) is 6.80. The summed E-state index contributed by atoms with van der Waals surface area (Å²) in [6.45, 7) is 5.47. The van der Waals surface area contributed by atoms with E-state index in [9.17, 15) is 14.4 Å². The van der Waals surface area contributed by atoms with Gasteiger partial charge in [0.25, 0.3) is 11.8 Å². The molecule has 2 N–H and O–H groups in total. The fourth-order valence-corrected chi connectivity index (χ4v) is 3.14. The van der Waals surface area contributed by atoms with Gasteiger partial charge < -0.3 is 20.1 Å². The van der Waals surface area contributed by atoms with Crippen LogP contribution in [0.25, 0.3) is 0 Å². The van der Waals surface area contributed by atoms with Gasteiger partial charge in [0.1, 0.15) is 11.8 Å². The summed E-state index contributed by atoms with van der Waals surface area (Å²) in [7, 11) is 1.54. The summed E-state index contributed by atoms with van der Waals surface area (Å²) in [4.78, 5) is 38.2. The first-order chi connectivity index (χ1) is 13.8. The van der Waals surface area contributed by atoms with Crippen LogP contribution in [0.2, 0.25) is 0 Å². The van der Waals surface area contributed by atoms with Gasteiger partial charge in [0.2, 0.25) is 0 Å². The summed E-state index contributed by atoms with van der Waals surface area (Å²) >= 11 is 1.53. The Labute approximate surface area is 174 Å². The van der Waals surface area contributed by atoms with Crippen LogP contribution in [-0.4, -0.2) is 37.0 Å². The van der Waals surface area contributed by atoms with Crippen LogP contribution >= 0.6 is 11.3 Å². The van der Waals surface area contributed by atoms with E-state index in [4.69, 9.17) is 9.47 Å². The van der Waals surface area contributed by atoms with E-state index in [-0.39, 0.29) is 5.92 Å². The molecule has 0 aliphatic carbocycles. The Morgan fingerprint density at radius 2 is 1.76 bits per heavy atom. The molecule has 2 amide bonds. The van der Waals surface area contributed by atoms with Gasteiger partial charge in [-0.3, -0.25) is 9.59 Å². The summed E-state index contributed by atoms with van der Waals surface area (Å²) < 4.78 is 10.4. The predicted molar refractivity (Wildman–Crippen MR) is 111 cm³/mol. The van der Waals surface area contributed by atoms with Gasteiger partial charge in [0.05, 0.1) is 13.7 Å². The standard InChI is InChI=1S/C21H26N2O5S/c1-13(2)18(23-20(25)15-7-9-16(27-4)10-8-15)21(26)28-14(3)19(24)22-12-17-6-5-11-29-17/h5-11,13-14,18H,12H2,1-4H3,(H,22,24)(H,23,25)/t14-,18+/m1/s1. The zero-order chi connectivity index (χ0) is 21.4. The lowest BCUT2D eigenvalue weighted by atomic mass is 10.0. The molecule has 1 aromatic heterocycles. The maximum absolute atomic E-state index is 12.6. The van der Waals surface area contributed by atoms with Crippen LogP contribution < -0.4 is 15.4 Å². The smallest absolute Gasteiger partial charge is 0.329 e. The van der Waals surface area contributed by atoms with Gasteiger partial charge in [-0.25, -0.2) is 4.79 Å². The Hall–Kier alpha value is -2.87. The molecule has 0 saturated heterocycles. The first kappa shape index (κ1) is 22.4. The zero-order valence-corrected chi connectivity index (χ0v) is 17.7. The highest BCUT2D eigenvalue weighted by Crippen LogP contribution is 2.13. The van der Waals surface area contributed by atoms with Gasteiger partial charge in [-0.15, -0.1) is 11.3 Å². The lowest BCUT2D eigenvalue weighted by Crippen LogP contribution is -2.47. The molecule has 2 rings (SSSR count). The summed E-state index contributed by atoms with van der Waals surface area (Å²) in [5.74, 6) is -1.04. The molecule has 0 spiro atoms. The highest BCUT2D eigenvalue weighted by atomic mass is 32.1. The topological polar surface area (TPSA) is 93.7 Å². The average molecular weight is 419 g/mol. The molecule has 0 bridgehead atoms. The lowest BCUT2D eigenvalue weighted by Gasteiger charge is -2.23. The van der Waals surface area contributed by atoms with E-state index >= 15 is 0 Å². The Balaban J connectivity index is 1.93. The van der Waals surface area contributed by atoms with E-state index in [0.29, 0.717) is 17.9 Å². The molecule has 2 aromatic rings. The number of thiophene rings is 1. The number of ether oxygens (including phenoxy) is 2. The molecular weight excluding hydrogens is 392 g/mol. The Kier molecular flexibility index (Phi) is 8.21. The minimum Gasteiger partial charge on any atom is -0.497 e. The van der Waals surface area contributed by atoms with Gasteiger partial charge in [0, 0.05) is 10.4 Å². The molecule has 8 heteroatoms. The van der Waals surface area contributed by atoms with E-state index in [1.54, 1.807) is 38.1 Å². The molecular formula is C21H26N2O5S. The molecule has 156 valence electrons. The maximum atomic E-state index is 12.6. The van der Waals surface area contributed by atoms with E-state index in [2.05, 4.69) is 10.6 Å². The van der Waals surface area contributed by atoms with E-state index in [0.717, 1.165) is 4.88 Å². The number of carbonyl (C=O) groups excluding carboxylic acids is 3. The largest absolute Gasteiger partial charge is 0.497 e. The minimum absolute atomic E-state index is 0.217. The number of esters is 1. The van der Waals surface area contributed by atoms with Gasteiger partial charge in [-0.05, 0) is 48.6 Å². The number of nitrogens with one attached hydrogen (secondary N) is 2. The van der Waals surface area contributed by atoms with Crippen LogP contribution in [0.15, 0.2) is 41.8 Å². The molecule has 2 atom stereocenters. The molecule has 7 nitrogen and oxygen atoms in total. The third kappa shape index (κ3) is 6.60. The fraction of sp³-hybridized carbons (Fsp3) is 0.381. The number of hydrogen-bond acceptors (Lipinski definition) is 6. The van der Waals surface area contributed by atoms with Crippen molar-refractivity contribution in [2.45, 2.75) is 39.5 Å². The number of rotatable bonds is 9. The molecule has 0 fully saturated rings. The molecule has 0 aliphatic rings. The van der Waals surface area contributed by atoms with Crippen molar-refractivity contribution in [3.63, 3.8) is 0 Å². The first-order valence-electron chi connectivity index (χ1n) is 9.27. The molecule has 1 heterocycles. The monoisotopic (exact) mass is 418 g/mol. The number of methoxy groups -OCH3 is 1. The van der Waals surface area contributed by atoms with Crippen LogP contribution in [0, 0.1) is 5.92 Å². The van der Waals surface area contributed by atoms with Gasteiger partial charge in [0.15, 0.2) is 6.10 Å². The zero-order valence-electron chi connectivity index (χ0n) is 16.9. The highest BCUT2D eigenvalue weighted by Gasteiger charge is 2.29. The summed E-state index contributed by atoms with van der Waals surface area (Å²) in [5.41, 5.74) is 0.394. The fourth-order valence-electron chi connectivity index (χ4n) is 2.50. The van der Waals surface area contributed by atoms with Crippen LogP contribution in [-0.2, 0) is 20.9 Å². The molecule has 0 unspecified atom stereocenters. The van der Waals surface area contributed by atoms with Gasteiger partial charge in [-0.2, -0.15) is 0 Å². The van der Waals surface area contributed by atoms with Crippen molar-refractivity contribution < 1.29 is 23.9 Å². The molecule has 1 aromatic carbocycles. The maximum Gasteiger partial charge on any atom is 0.329 e. The predicted octanol–water partition coefficient (Wildman–Crippen LogP) is 2.76. The van der Waals surface area contributed by atoms with E-state index < -0.39 is 29.9 Å². The summed E-state index contributed by atoms with van der Waals surface area (Å²) in [5, 5.41) is 7.34. The van der Waals surface area contributed by atoms with Crippen LogP contribution in [0.5, 0.6) is 5.75 Å². The SMILES string of the molecule is COc1ccc(C(=O)N[C@H](C(=O)O[C@H](C)C(=O)NCc2cccs2)C(C)C)cc1. The van der Waals surface area contributed by atoms with Crippen LogP contribution in [0.1, 0.15) is 36.0 Å². The minimum atomic E-state index is -0.971. The third-order valence-corrected chi connectivity index (χ3v) is 5.11. The quantitative estimate of drug-likeness (QED) is 0.611. The Bertz CT molecular complexity index is 818. The van der Waals surface area contributed by atoms with Crippen molar-refractivity contribution in [3.05, 3.63) is 52.2 Å². The normalized spacial score (nSPS) is 12.7. The summed E-state index contributed by atoms with van der Waals surface area (Å²) in [6, 6.07) is 9.47. The number of hydrogen-bond donors (Lipinski definition) is 2. The van der Waals surface area contributed by atoms with Crippen molar-refractivity contribution in [2.75, 3.05) is 7.11 Å². The van der Waals surface area contributed by atoms with Crippen LogP contribution in [0.4, 0.5) is 0 Å². The van der Waals surface area contributed by atoms with Crippen molar-refractivity contribution in [1.82, 2.24) is 10.6 Å². The number of carbonyl (C=O) groups is 3. The molecule has 0 radical (unpaired) electrons. The van der Waals surface area contributed by atoms with Gasteiger partial charge >= 0.3 is 5.97 Å². The van der Waals surface area contributed by atoms with Crippen molar-refractivity contribution >= 4 is 29.1 Å². The highest BCUT2D eigenvalue weighted by molar-refractivity contribution is 7.09. The molecule has 29 heavy (non-hydrogen) atoms. The second-order valence-corrected chi connectivity index (χ2v) is 7.83. The number of amides is 2. The number of benzene rings is 1. The molecule has 0 saturated carbocycles. The van der Waals surface area contributed by atoms with Crippen molar-refractivity contribution in [1.29, 1.82) is 0 Å². The van der Waals surface area contributed by atoms with E-state index in [1.807, 2.05) is 17.5 Å². The average Bonchev–Trinajstić information content (AvgIpc) is 3.23. The Morgan fingerprint density at radius 3 is 2.31 bits per heavy atom. The lowest BCUT2D eigenvalue weighted by molar-refractivity contribution is -0.157. The summed E-state index contributed by atoms with van der Waals surface area (Å²) in [6.07, 6.45) is -0.971. The third-order valence-electron chi connectivity index (χ3n) is 4.24. The molecule has 0 aliphatic heterocycles. The first-order valence-corrected chi connectivity index (χ1v) is 10.1.